The van der Waals surface area contributed by atoms with Crippen molar-refractivity contribution < 1.29 is 9.26 Å². The Morgan fingerprint density at radius 3 is 2.86 bits per heavy atom. The normalized spacial score (nSPS) is 10.6. The van der Waals surface area contributed by atoms with Crippen molar-refractivity contribution >= 4 is 28.3 Å². The SMILES string of the molecule is COc1cccc(-c2noc(-c3cc(I)ccc3N)n2)c1. The van der Waals surface area contributed by atoms with Crippen LogP contribution in [-0.2, 0) is 0 Å². The molecule has 5 nitrogen and oxygen atoms in total. The Labute approximate surface area is 135 Å². The smallest absolute Gasteiger partial charge is 0.260 e. The van der Waals surface area contributed by atoms with Crippen LogP contribution in [0.5, 0.6) is 5.75 Å². The van der Waals surface area contributed by atoms with E-state index in [0.29, 0.717) is 17.4 Å². The number of anilines is 1. The Morgan fingerprint density at radius 1 is 1.19 bits per heavy atom. The number of halogens is 1. The first-order chi connectivity index (χ1) is 10.2. The van der Waals surface area contributed by atoms with E-state index < -0.39 is 0 Å². The van der Waals surface area contributed by atoms with Gasteiger partial charge in [0.05, 0.1) is 12.7 Å². The van der Waals surface area contributed by atoms with E-state index in [1.54, 1.807) is 7.11 Å². The number of hydrogen-bond acceptors (Lipinski definition) is 5. The first kappa shape index (κ1) is 13.9. The molecule has 0 aliphatic carbocycles. The minimum atomic E-state index is 0.406. The minimum Gasteiger partial charge on any atom is -0.497 e. The van der Waals surface area contributed by atoms with Gasteiger partial charge in [0.15, 0.2) is 0 Å². The molecule has 21 heavy (non-hydrogen) atoms. The van der Waals surface area contributed by atoms with Crippen LogP contribution in [0, 0.1) is 3.57 Å². The van der Waals surface area contributed by atoms with Crippen LogP contribution in [0.25, 0.3) is 22.8 Å². The summed E-state index contributed by atoms with van der Waals surface area (Å²) < 4.78 is 11.6. The highest BCUT2D eigenvalue weighted by molar-refractivity contribution is 14.1. The third kappa shape index (κ3) is 2.85. The number of rotatable bonds is 3. The zero-order valence-corrected chi connectivity index (χ0v) is 13.4. The number of aromatic nitrogens is 2. The molecule has 6 heteroatoms. The molecule has 0 radical (unpaired) electrons. The van der Waals surface area contributed by atoms with Crippen LogP contribution < -0.4 is 10.5 Å². The first-order valence-electron chi connectivity index (χ1n) is 6.21. The molecule has 0 bridgehead atoms. The Kier molecular flexibility index (Phi) is 3.78. The monoisotopic (exact) mass is 393 g/mol. The lowest BCUT2D eigenvalue weighted by molar-refractivity contribution is 0.414. The van der Waals surface area contributed by atoms with Crippen LogP contribution in [0.3, 0.4) is 0 Å². The first-order valence-corrected chi connectivity index (χ1v) is 7.29. The Hall–Kier alpha value is -2.09. The largest absolute Gasteiger partial charge is 0.497 e. The van der Waals surface area contributed by atoms with Crippen molar-refractivity contribution in [2.75, 3.05) is 12.8 Å². The maximum absolute atomic E-state index is 5.96. The maximum Gasteiger partial charge on any atom is 0.260 e. The number of nitrogens with two attached hydrogens (primary N) is 1. The Balaban J connectivity index is 2.01. The number of ether oxygens (including phenoxy) is 1. The van der Waals surface area contributed by atoms with Gasteiger partial charge in [-0.2, -0.15) is 4.98 Å². The minimum absolute atomic E-state index is 0.406. The molecule has 1 aromatic heterocycles. The summed E-state index contributed by atoms with van der Waals surface area (Å²) in [6.07, 6.45) is 0. The van der Waals surface area contributed by atoms with Crippen molar-refractivity contribution in [3.8, 4) is 28.6 Å². The lowest BCUT2D eigenvalue weighted by atomic mass is 10.2. The van der Waals surface area contributed by atoms with Crippen molar-refractivity contribution in [1.29, 1.82) is 0 Å². The zero-order valence-electron chi connectivity index (χ0n) is 11.2. The molecule has 0 aliphatic heterocycles. The summed E-state index contributed by atoms with van der Waals surface area (Å²) in [6, 6.07) is 13.2. The predicted octanol–water partition coefficient (Wildman–Crippen LogP) is 3.60. The van der Waals surface area contributed by atoms with Gasteiger partial charge in [0.2, 0.25) is 5.82 Å². The molecule has 0 atom stereocenters. The van der Waals surface area contributed by atoms with E-state index in [4.69, 9.17) is 15.0 Å². The van der Waals surface area contributed by atoms with Gasteiger partial charge < -0.3 is 15.0 Å². The van der Waals surface area contributed by atoms with Gasteiger partial charge in [-0.1, -0.05) is 17.3 Å². The highest BCUT2D eigenvalue weighted by atomic mass is 127. The summed E-state index contributed by atoms with van der Waals surface area (Å²) in [6.45, 7) is 0. The number of methoxy groups -OCH3 is 1. The van der Waals surface area contributed by atoms with Crippen LogP contribution in [0.4, 0.5) is 5.69 Å². The predicted molar refractivity (Wildman–Crippen MR) is 88.9 cm³/mol. The second-order valence-electron chi connectivity index (χ2n) is 4.39. The van der Waals surface area contributed by atoms with E-state index in [9.17, 15) is 0 Å². The molecular formula is C15H12IN3O2. The molecule has 2 aromatic carbocycles. The maximum atomic E-state index is 5.96. The molecule has 0 aliphatic rings. The topological polar surface area (TPSA) is 74.2 Å². The zero-order chi connectivity index (χ0) is 14.8. The van der Waals surface area contributed by atoms with E-state index in [-0.39, 0.29) is 0 Å². The molecule has 0 spiro atoms. The lowest BCUT2D eigenvalue weighted by Crippen LogP contribution is -1.91. The van der Waals surface area contributed by atoms with Crippen molar-refractivity contribution in [2.24, 2.45) is 0 Å². The number of nitrogens with zero attached hydrogens (tertiary/aromatic N) is 2. The fourth-order valence-corrected chi connectivity index (χ4v) is 2.42. The van der Waals surface area contributed by atoms with Crippen LogP contribution in [0.2, 0.25) is 0 Å². The fraction of sp³-hybridized carbons (Fsp3) is 0.0667. The highest BCUT2D eigenvalue weighted by Gasteiger charge is 2.13. The van der Waals surface area contributed by atoms with Gasteiger partial charge in [0.1, 0.15) is 5.75 Å². The van der Waals surface area contributed by atoms with Gasteiger partial charge >= 0.3 is 0 Å². The third-order valence-electron chi connectivity index (χ3n) is 3.00. The average molecular weight is 393 g/mol. The standard InChI is InChI=1S/C15H12IN3O2/c1-20-11-4-2-3-9(7-11)14-18-15(21-19-14)12-8-10(16)5-6-13(12)17/h2-8H,17H2,1H3. The summed E-state index contributed by atoms with van der Waals surface area (Å²) in [4.78, 5) is 4.41. The second kappa shape index (κ2) is 5.72. The van der Waals surface area contributed by atoms with Gasteiger partial charge in [-0.15, -0.1) is 0 Å². The molecule has 0 amide bonds. The van der Waals surface area contributed by atoms with E-state index in [0.717, 1.165) is 20.4 Å². The van der Waals surface area contributed by atoms with Crippen molar-refractivity contribution in [1.82, 2.24) is 10.1 Å². The van der Waals surface area contributed by atoms with E-state index >= 15 is 0 Å². The molecule has 0 unspecified atom stereocenters. The molecule has 3 rings (SSSR count). The molecule has 0 saturated carbocycles. The lowest BCUT2D eigenvalue weighted by Gasteiger charge is -2.01. The van der Waals surface area contributed by atoms with Gasteiger partial charge in [0, 0.05) is 14.8 Å². The fourth-order valence-electron chi connectivity index (χ4n) is 1.93. The summed E-state index contributed by atoms with van der Waals surface area (Å²) in [5.74, 6) is 1.65. The molecule has 0 fully saturated rings. The number of benzene rings is 2. The Bertz CT molecular complexity index is 786. The van der Waals surface area contributed by atoms with Crippen LogP contribution in [0.1, 0.15) is 0 Å². The molecule has 2 N–H and O–H groups in total. The van der Waals surface area contributed by atoms with Crippen LogP contribution in [0.15, 0.2) is 47.0 Å². The number of nitrogen functional groups attached to an aromatic ring is 1. The summed E-state index contributed by atoms with van der Waals surface area (Å²) in [5, 5.41) is 4.01. The molecule has 1 heterocycles. The van der Waals surface area contributed by atoms with Crippen LogP contribution in [-0.4, -0.2) is 17.3 Å². The van der Waals surface area contributed by atoms with Gasteiger partial charge in [-0.25, -0.2) is 0 Å². The Morgan fingerprint density at radius 2 is 2.05 bits per heavy atom. The van der Waals surface area contributed by atoms with Crippen molar-refractivity contribution in [2.45, 2.75) is 0 Å². The van der Waals surface area contributed by atoms with Gasteiger partial charge in [-0.3, -0.25) is 0 Å². The van der Waals surface area contributed by atoms with Gasteiger partial charge in [0.25, 0.3) is 5.89 Å². The van der Waals surface area contributed by atoms with E-state index in [1.807, 2.05) is 42.5 Å². The van der Waals surface area contributed by atoms with Crippen LogP contribution >= 0.6 is 22.6 Å². The molecule has 106 valence electrons. The summed E-state index contributed by atoms with van der Waals surface area (Å²) in [7, 11) is 1.62. The quantitative estimate of drug-likeness (QED) is 0.544. The highest BCUT2D eigenvalue weighted by Crippen LogP contribution is 2.29. The average Bonchev–Trinajstić information content (AvgIpc) is 2.99. The second-order valence-corrected chi connectivity index (χ2v) is 5.63. The van der Waals surface area contributed by atoms with E-state index in [1.165, 1.54) is 0 Å². The third-order valence-corrected chi connectivity index (χ3v) is 3.67. The van der Waals surface area contributed by atoms with Crippen molar-refractivity contribution in [3.05, 3.63) is 46.0 Å². The molecular weight excluding hydrogens is 381 g/mol. The molecule has 3 aromatic rings. The molecule has 0 saturated heterocycles. The van der Waals surface area contributed by atoms with E-state index in [2.05, 4.69) is 32.7 Å². The van der Waals surface area contributed by atoms with Gasteiger partial charge in [-0.05, 0) is 52.9 Å². The summed E-state index contributed by atoms with van der Waals surface area (Å²) >= 11 is 2.21. The number of hydrogen-bond donors (Lipinski definition) is 1. The summed E-state index contributed by atoms with van der Waals surface area (Å²) in [5.41, 5.74) is 8.14. The van der Waals surface area contributed by atoms with Crippen molar-refractivity contribution in [3.63, 3.8) is 0 Å².